The van der Waals surface area contributed by atoms with E-state index in [0.717, 1.165) is 6.04 Å². The number of nitrogens with one attached hydrogen (secondary N) is 1. The minimum Gasteiger partial charge on any atom is -0.313 e. The van der Waals surface area contributed by atoms with Crippen molar-refractivity contribution >= 4 is 27.3 Å². The van der Waals surface area contributed by atoms with Crippen LogP contribution in [0.25, 0.3) is 0 Å². The summed E-state index contributed by atoms with van der Waals surface area (Å²) in [5.41, 5.74) is 0.618. The van der Waals surface area contributed by atoms with Crippen LogP contribution in [0.5, 0.6) is 0 Å². The van der Waals surface area contributed by atoms with Gasteiger partial charge in [-0.3, -0.25) is 0 Å². The van der Waals surface area contributed by atoms with E-state index >= 15 is 0 Å². The summed E-state index contributed by atoms with van der Waals surface area (Å²) in [6.45, 7) is 1.24. The molecule has 0 bridgehead atoms. The van der Waals surface area contributed by atoms with Crippen molar-refractivity contribution in [2.75, 3.05) is 6.54 Å². The highest BCUT2D eigenvalue weighted by molar-refractivity contribution is 9.11. The van der Waals surface area contributed by atoms with Gasteiger partial charge in [0.1, 0.15) is 0 Å². The molecule has 15 heavy (non-hydrogen) atoms. The Balaban J connectivity index is 1.56. The molecule has 0 aliphatic heterocycles. The average Bonchev–Trinajstić information content (AvgIpc) is 3.08. The van der Waals surface area contributed by atoms with Crippen LogP contribution in [0.15, 0.2) is 15.9 Å². The fraction of sp³-hybridized carbons (Fsp3) is 0.667. The van der Waals surface area contributed by atoms with Crippen LogP contribution >= 0.6 is 27.3 Å². The minimum absolute atomic E-state index is 0.618. The van der Waals surface area contributed by atoms with Gasteiger partial charge in [0.15, 0.2) is 0 Å². The van der Waals surface area contributed by atoms with E-state index in [1.807, 2.05) is 11.3 Å². The van der Waals surface area contributed by atoms with Crippen molar-refractivity contribution in [1.29, 1.82) is 0 Å². The molecule has 3 rings (SSSR count). The van der Waals surface area contributed by atoms with Crippen LogP contribution in [0.4, 0.5) is 0 Å². The molecule has 2 saturated carbocycles. The highest BCUT2D eigenvalue weighted by Crippen LogP contribution is 2.49. The van der Waals surface area contributed by atoms with Crippen LogP contribution in [0, 0.1) is 5.41 Å². The lowest BCUT2D eigenvalue weighted by Gasteiger charge is -2.14. The molecule has 0 aromatic carbocycles. The maximum absolute atomic E-state index is 3.68. The molecule has 1 N–H and O–H groups in total. The smallest absolute Gasteiger partial charge is 0.0701 e. The van der Waals surface area contributed by atoms with Crippen LogP contribution in [-0.2, 0) is 6.42 Å². The predicted molar refractivity (Wildman–Crippen MR) is 68.4 cm³/mol. The Labute approximate surface area is 103 Å². The Morgan fingerprint density at radius 3 is 2.73 bits per heavy atom. The van der Waals surface area contributed by atoms with E-state index in [2.05, 4.69) is 33.4 Å². The van der Waals surface area contributed by atoms with Crippen LogP contribution in [-0.4, -0.2) is 12.6 Å². The first-order valence-electron chi connectivity index (χ1n) is 5.73. The van der Waals surface area contributed by atoms with Crippen molar-refractivity contribution in [3.63, 3.8) is 0 Å². The predicted octanol–water partition coefficient (Wildman–Crippen LogP) is 3.59. The van der Waals surface area contributed by atoms with Gasteiger partial charge in [-0.05, 0) is 65.6 Å². The molecule has 1 heterocycles. The standard InChI is InChI=1S/C12H16BrNS/c13-11-4-3-10(15-11)7-12(5-6-12)8-14-9-1-2-9/h3-4,9,14H,1-2,5-8H2. The second kappa shape index (κ2) is 3.86. The van der Waals surface area contributed by atoms with E-state index in [1.54, 1.807) is 0 Å². The second-order valence-corrected chi connectivity index (χ2v) is 7.59. The van der Waals surface area contributed by atoms with Crippen LogP contribution < -0.4 is 5.32 Å². The fourth-order valence-corrected chi connectivity index (χ4v) is 3.71. The van der Waals surface area contributed by atoms with Gasteiger partial charge in [-0.1, -0.05) is 0 Å². The first-order valence-corrected chi connectivity index (χ1v) is 7.34. The quantitative estimate of drug-likeness (QED) is 0.872. The zero-order chi connectivity index (χ0) is 10.3. The van der Waals surface area contributed by atoms with E-state index in [1.165, 1.54) is 47.3 Å². The van der Waals surface area contributed by atoms with E-state index in [0.29, 0.717) is 5.41 Å². The molecule has 2 fully saturated rings. The second-order valence-electron chi connectivity index (χ2n) is 5.04. The monoisotopic (exact) mass is 285 g/mol. The van der Waals surface area contributed by atoms with Gasteiger partial charge in [-0.15, -0.1) is 11.3 Å². The first-order chi connectivity index (χ1) is 7.26. The molecule has 2 aliphatic carbocycles. The topological polar surface area (TPSA) is 12.0 Å². The zero-order valence-corrected chi connectivity index (χ0v) is 11.2. The van der Waals surface area contributed by atoms with Gasteiger partial charge in [0.2, 0.25) is 0 Å². The van der Waals surface area contributed by atoms with Gasteiger partial charge in [0.25, 0.3) is 0 Å². The molecule has 0 saturated heterocycles. The van der Waals surface area contributed by atoms with Crippen LogP contribution in [0.3, 0.4) is 0 Å². The van der Waals surface area contributed by atoms with Gasteiger partial charge in [-0.25, -0.2) is 0 Å². The first kappa shape index (κ1) is 10.3. The summed E-state index contributed by atoms with van der Waals surface area (Å²) in [5.74, 6) is 0. The van der Waals surface area contributed by atoms with Crippen molar-refractivity contribution in [2.24, 2.45) is 5.41 Å². The number of rotatable bonds is 5. The molecule has 0 radical (unpaired) electrons. The Hall–Kier alpha value is 0.140. The van der Waals surface area contributed by atoms with Gasteiger partial charge >= 0.3 is 0 Å². The Morgan fingerprint density at radius 2 is 2.20 bits per heavy atom. The molecule has 1 aromatic rings. The highest BCUT2D eigenvalue weighted by atomic mass is 79.9. The molecule has 0 amide bonds. The lowest BCUT2D eigenvalue weighted by atomic mass is 10.0. The summed E-state index contributed by atoms with van der Waals surface area (Å²) in [6.07, 6.45) is 6.93. The third kappa shape index (κ3) is 2.63. The Bertz CT molecular complexity index is 352. The number of hydrogen-bond acceptors (Lipinski definition) is 2. The summed E-state index contributed by atoms with van der Waals surface area (Å²) in [5, 5.41) is 3.68. The summed E-state index contributed by atoms with van der Waals surface area (Å²) in [4.78, 5) is 1.54. The molecular weight excluding hydrogens is 270 g/mol. The summed E-state index contributed by atoms with van der Waals surface area (Å²) >= 11 is 5.43. The molecule has 1 nitrogen and oxygen atoms in total. The molecule has 0 unspecified atom stereocenters. The highest BCUT2D eigenvalue weighted by Gasteiger charge is 2.43. The van der Waals surface area contributed by atoms with Crippen molar-refractivity contribution < 1.29 is 0 Å². The van der Waals surface area contributed by atoms with Crippen molar-refractivity contribution in [3.05, 3.63) is 20.8 Å². The third-order valence-electron chi connectivity index (χ3n) is 3.48. The molecule has 3 heteroatoms. The summed E-state index contributed by atoms with van der Waals surface area (Å²) < 4.78 is 1.27. The zero-order valence-electron chi connectivity index (χ0n) is 8.76. The summed E-state index contributed by atoms with van der Waals surface area (Å²) in [6, 6.07) is 5.30. The molecule has 0 atom stereocenters. The van der Waals surface area contributed by atoms with E-state index < -0.39 is 0 Å². The molecule has 1 aromatic heterocycles. The Morgan fingerprint density at radius 1 is 1.40 bits per heavy atom. The number of hydrogen-bond donors (Lipinski definition) is 1. The van der Waals surface area contributed by atoms with Gasteiger partial charge < -0.3 is 5.32 Å². The SMILES string of the molecule is Brc1ccc(CC2(CNC3CC3)CC2)s1. The van der Waals surface area contributed by atoms with E-state index in [-0.39, 0.29) is 0 Å². The molecule has 2 aliphatic rings. The van der Waals surface area contributed by atoms with Gasteiger partial charge in [0.05, 0.1) is 3.79 Å². The van der Waals surface area contributed by atoms with Crippen LogP contribution in [0.1, 0.15) is 30.6 Å². The van der Waals surface area contributed by atoms with Gasteiger partial charge in [0, 0.05) is 17.5 Å². The maximum atomic E-state index is 3.68. The third-order valence-corrected chi connectivity index (χ3v) is 5.10. The maximum Gasteiger partial charge on any atom is 0.0701 e. The fourth-order valence-electron chi connectivity index (χ4n) is 2.06. The van der Waals surface area contributed by atoms with Crippen LogP contribution in [0.2, 0.25) is 0 Å². The normalized spacial score (nSPS) is 23.0. The van der Waals surface area contributed by atoms with Crippen molar-refractivity contribution in [3.8, 4) is 0 Å². The molecule has 0 spiro atoms. The van der Waals surface area contributed by atoms with Gasteiger partial charge in [-0.2, -0.15) is 0 Å². The minimum atomic E-state index is 0.618. The van der Waals surface area contributed by atoms with E-state index in [4.69, 9.17) is 0 Å². The molecule has 82 valence electrons. The average molecular weight is 286 g/mol. The van der Waals surface area contributed by atoms with Crippen molar-refractivity contribution in [1.82, 2.24) is 5.32 Å². The number of halogens is 1. The Kier molecular flexibility index (Phi) is 2.65. The largest absolute Gasteiger partial charge is 0.313 e. The van der Waals surface area contributed by atoms with Crippen molar-refractivity contribution in [2.45, 2.75) is 38.1 Å². The lowest BCUT2D eigenvalue weighted by Crippen LogP contribution is -2.27. The number of thiophene rings is 1. The van der Waals surface area contributed by atoms with E-state index in [9.17, 15) is 0 Å². The lowest BCUT2D eigenvalue weighted by molar-refractivity contribution is 0.456. The summed E-state index contributed by atoms with van der Waals surface area (Å²) in [7, 11) is 0. The molecular formula is C12H16BrNS.